The Morgan fingerprint density at radius 1 is 0.300 bits per heavy atom. The molecular weight excluding hydrogens is 533 g/mol. The van der Waals surface area contributed by atoms with E-state index in [0.29, 0.717) is 0 Å². The van der Waals surface area contributed by atoms with Crippen molar-refractivity contribution in [2.75, 3.05) is 0 Å². The summed E-state index contributed by atoms with van der Waals surface area (Å²) in [5.41, 5.74) is 7.59. The van der Waals surface area contributed by atoms with Crippen molar-refractivity contribution in [2.24, 2.45) is 0 Å². The molecule has 190 valence electrons. The van der Waals surface area contributed by atoms with E-state index in [1.165, 1.54) is 22.7 Å². The number of hydrogen-bond acceptors (Lipinski definition) is 8. The molecule has 0 aliphatic heterocycles. The van der Waals surface area contributed by atoms with Crippen molar-refractivity contribution < 1.29 is 0 Å². The predicted octanol–water partition coefficient (Wildman–Crippen LogP) is 8.18. The summed E-state index contributed by atoms with van der Waals surface area (Å²) in [6.07, 6.45) is 0. The lowest BCUT2D eigenvalue weighted by Crippen LogP contribution is -1.87. The van der Waals surface area contributed by atoms with Gasteiger partial charge < -0.3 is 0 Å². The molecule has 7 aromatic rings. The minimum absolute atomic E-state index is 0.788. The zero-order valence-corrected chi connectivity index (χ0v) is 22.7. The molecule has 0 aliphatic carbocycles. The van der Waals surface area contributed by atoms with Crippen molar-refractivity contribution >= 4 is 22.7 Å². The quantitative estimate of drug-likeness (QED) is 0.207. The Hall–Kier alpha value is -4.92. The zero-order valence-electron chi connectivity index (χ0n) is 21.0. The molecule has 0 radical (unpaired) electrons. The first-order valence-electron chi connectivity index (χ1n) is 12.6. The van der Waals surface area contributed by atoms with Gasteiger partial charge in [-0.2, -0.15) is 0 Å². The second-order valence-corrected chi connectivity index (χ2v) is 10.9. The molecule has 0 aliphatic rings. The van der Waals surface area contributed by atoms with Crippen molar-refractivity contribution in [2.45, 2.75) is 0 Å². The highest BCUT2D eigenvalue weighted by Crippen LogP contribution is 2.34. The first-order valence-corrected chi connectivity index (χ1v) is 14.3. The monoisotopic (exact) mass is 552 g/mol. The summed E-state index contributed by atoms with van der Waals surface area (Å²) >= 11 is 3.05. The van der Waals surface area contributed by atoms with Gasteiger partial charge in [-0.1, -0.05) is 120 Å². The highest BCUT2D eigenvalue weighted by Gasteiger charge is 2.14. The van der Waals surface area contributed by atoms with E-state index in [1.54, 1.807) is 0 Å². The lowest BCUT2D eigenvalue weighted by molar-refractivity contribution is 1.09. The minimum atomic E-state index is 0.788. The molecule has 0 unspecified atom stereocenters. The van der Waals surface area contributed by atoms with Crippen LogP contribution in [0.2, 0.25) is 0 Å². The van der Waals surface area contributed by atoms with Gasteiger partial charge in [0.25, 0.3) is 0 Å². The number of aromatic nitrogens is 6. The molecule has 8 heteroatoms. The Morgan fingerprint density at radius 3 is 1.10 bits per heavy atom. The van der Waals surface area contributed by atoms with Crippen LogP contribution in [-0.4, -0.2) is 30.4 Å². The molecule has 3 aromatic carbocycles. The third-order valence-electron chi connectivity index (χ3n) is 6.30. The van der Waals surface area contributed by atoms with E-state index in [0.717, 1.165) is 65.1 Å². The Labute approximate surface area is 238 Å². The summed E-state index contributed by atoms with van der Waals surface area (Å²) in [6.45, 7) is 0. The van der Waals surface area contributed by atoms with Gasteiger partial charge in [0.1, 0.15) is 21.4 Å². The fourth-order valence-corrected chi connectivity index (χ4v) is 5.93. The van der Waals surface area contributed by atoms with E-state index in [1.807, 2.05) is 97.1 Å². The third kappa shape index (κ3) is 4.93. The number of hydrogen-bond donors (Lipinski definition) is 0. The fraction of sp³-hybridized carbons (Fsp3) is 0. The normalized spacial score (nSPS) is 11.0. The molecule has 0 bridgehead atoms. The van der Waals surface area contributed by atoms with Crippen LogP contribution >= 0.6 is 22.7 Å². The van der Waals surface area contributed by atoms with Crippen LogP contribution in [0.15, 0.2) is 121 Å². The van der Waals surface area contributed by atoms with Gasteiger partial charge in [0, 0.05) is 22.3 Å². The highest BCUT2D eigenvalue weighted by molar-refractivity contribution is 7.18. The van der Waals surface area contributed by atoms with Crippen LogP contribution in [0.3, 0.4) is 0 Å². The average Bonchev–Trinajstić information content (AvgIpc) is 3.74. The van der Waals surface area contributed by atoms with Crippen LogP contribution in [0.4, 0.5) is 0 Å². The summed E-state index contributed by atoms with van der Waals surface area (Å²) < 4.78 is 0. The van der Waals surface area contributed by atoms with Crippen molar-refractivity contribution in [3.05, 3.63) is 121 Å². The van der Waals surface area contributed by atoms with Gasteiger partial charge in [-0.25, -0.2) is 9.97 Å². The summed E-state index contributed by atoms with van der Waals surface area (Å²) in [5.74, 6) is 0. The average molecular weight is 553 g/mol. The highest BCUT2D eigenvalue weighted by atomic mass is 32.1. The van der Waals surface area contributed by atoms with Crippen molar-refractivity contribution in [1.29, 1.82) is 0 Å². The van der Waals surface area contributed by atoms with Crippen LogP contribution in [0.5, 0.6) is 0 Å². The molecule has 4 aromatic heterocycles. The van der Waals surface area contributed by atoms with Gasteiger partial charge in [0.05, 0.1) is 11.4 Å². The molecule has 40 heavy (non-hydrogen) atoms. The molecule has 0 N–H and O–H groups in total. The fourth-order valence-electron chi connectivity index (χ4n) is 4.29. The second-order valence-electron chi connectivity index (χ2n) is 8.95. The standard InChI is InChI=1S/C32H20N6S2/c1-3-9-21(10-4-1)25-13-7-15-27(33-25)31-37-35-29(39-31)23-17-19-24(20-18-23)30-36-38-32(40-30)28-16-8-14-26(34-28)22-11-5-2-6-12-22/h1-20H. The van der Waals surface area contributed by atoms with Gasteiger partial charge in [-0.15, -0.1) is 20.4 Å². The molecule has 0 saturated heterocycles. The van der Waals surface area contributed by atoms with Gasteiger partial charge >= 0.3 is 0 Å². The molecule has 4 heterocycles. The molecule has 0 spiro atoms. The molecule has 0 amide bonds. The van der Waals surface area contributed by atoms with Crippen molar-refractivity contribution in [3.63, 3.8) is 0 Å². The molecule has 0 saturated carbocycles. The van der Waals surface area contributed by atoms with E-state index in [-0.39, 0.29) is 0 Å². The van der Waals surface area contributed by atoms with E-state index in [4.69, 9.17) is 9.97 Å². The van der Waals surface area contributed by atoms with E-state index >= 15 is 0 Å². The lowest BCUT2D eigenvalue weighted by Gasteiger charge is -2.02. The summed E-state index contributed by atoms with van der Waals surface area (Å²) in [6, 6.07) is 40.4. The largest absolute Gasteiger partial charge is 0.245 e. The Morgan fingerprint density at radius 2 is 0.675 bits per heavy atom. The van der Waals surface area contributed by atoms with Crippen LogP contribution in [0.1, 0.15) is 0 Å². The van der Waals surface area contributed by atoms with Crippen LogP contribution in [-0.2, 0) is 0 Å². The SMILES string of the molecule is c1ccc(-c2cccc(-c3nnc(-c4ccc(-c5nnc(-c6cccc(-c7ccccc7)n6)s5)cc4)s3)n2)cc1. The number of nitrogens with zero attached hydrogens (tertiary/aromatic N) is 6. The molecular formula is C32H20N6S2. The van der Waals surface area contributed by atoms with E-state index in [9.17, 15) is 0 Å². The zero-order chi connectivity index (χ0) is 26.7. The molecule has 6 nitrogen and oxygen atoms in total. The number of pyridine rings is 2. The molecule has 0 atom stereocenters. The molecule has 0 fully saturated rings. The van der Waals surface area contributed by atoms with Crippen molar-refractivity contribution in [1.82, 2.24) is 30.4 Å². The van der Waals surface area contributed by atoms with Gasteiger partial charge in [-0.05, 0) is 24.3 Å². The summed E-state index contributed by atoms with van der Waals surface area (Å²) in [5, 5.41) is 21.0. The van der Waals surface area contributed by atoms with Crippen molar-refractivity contribution in [3.8, 4) is 65.1 Å². The Balaban J connectivity index is 1.11. The molecule has 7 rings (SSSR count). The van der Waals surface area contributed by atoms with Crippen LogP contribution in [0, 0.1) is 0 Å². The maximum Gasteiger partial charge on any atom is 0.166 e. The van der Waals surface area contributed by atoms with E-state index < -0.39 is 0 Å². The number of benzene rings is 3. The van der Waals surface area contributed by atoms with Crippen LogP contribution < -0.4 is 0 Å². The smallest absolute Gasteiger partial charge is 0.166 e. The van der Waals surface area contributed by atoms with Gasteiger partial charge in [0.2, 0.25) is 0 Å². The number of rotatable bonds is 6. The van der Waals surface area contributed by atoms with Crippen LogP contribution in [0.25, 0.3) is 65.1 Å². The summed E-state index contributed by atoms with van der Waals surface area (Å²) in [4.78, 5) is 9.63. The lowest BCUT2D eigenvalue weighted by atomic mass is 10.1. The predicted molar refractivity (Wildman–Crippen MR) is 162 cm³/mol. The first-order chi connectivity index (χ1) is 19.8. The second kappa shape index (κ2) is 10.7. The Bertz CT molecular complexity index is 1760. The third-order valence-corrected chi connectivity index (χ3v) is 8.29. The summed E-state index contributed by atoms with van der Waals surface area (Å²) in [7, 11) is 0. The maximum atomic E-state index is 4.81. The Kier molecular flexibility index (Phi) is 6.45. The first kappa shape index (κ1) is 24.1. The van der Waals surface area contributed by atoms with Gasteiger partial charge in [0.15, 0.2) is 10.0 Å². The van der Waals surface area contributed by atoms with E-state index in [2.05, 4.69) is 44.7 Å². The maximum absolute atomic E-state index is 4.81. The minimum Gasteiger partial charge on any atom is -0.245 e. The van der Waals surface area contributed by atoms with Gasteiger partial charge in [-0.3, -0.25) is 0 Å². The topological polar surface area (TPSA) is 77.3 Å².